The summed E-state index contributed by atoms with van der Waals surface area (Å²) in [5.74, 6) is 0.398. The highest BCUT2D eigenvalue weighted by Crippen LogP contribution is 2.24. The molecule has 0 fully saturated rings. The van der Waals surface area contributed by atoms with Crippen molar-refractivity contribution in [1.82, 2.24) is 9.55 Å². The van der Waals surface area contributed by atoms with Crippen LogP contribution in [-0.2, 0) is 16.0 Å². The molecule has 0 radical (unpaired) electrons. The summed E-state index contributed by atoms with van der Waals surface area (Å²) in [5.41, 5.74) is 8.27. The van der Waals surface area contributed by atoms with Gasteiger partial charge in [-0.1, -0.05) is 30.7 Å². The Balaban J connectivity index is 1.84. The van der Waals surface area contributed by atoms with Crippen molar-refractivity contribution in [3.63, 3.8) is 0 Å². The van der Waals surface area contributed by atoms with Crippen molar-refractivity contribution >= 4 is 0 Å². The van der Waals surface area contributed by atoms with Crippen LogP contribution in [0.15, 0.2) is 43.0 Å². The van der Waals surface area contributed by atoms with E-state index in [0.717, 1.165) is 31.4 Å². The molecule has 2 rings (SSSR count). The Morgan fingerprint density at radius 2 is 1.78 bits per heavy atom. The molecule has 1 aromatic carbocycles. The number of nitrogens with two attached hydrogens (primary N) is 1. The quantitative estimate of drug-likeness (QED) is 0.540. The van der Waals surface area contributed by atoms with E-state index in [9.17, 15) is 0 Å². The number of hydrogen-bond acceptors (Lipinski definition) is 4. The number of imidazole rings is 1. The predicted molar refractivity (Wildman–Crippen MR) is 91.1 cm³/mol. The molecule has 1 unspecified atom stereocenters. The molecule has 23 heavy (non-hydrogen) atoms. The molecule has 0 spiro atoms. The number of aryl methyl sites for hydroxylation is 1. The maximum Gasteiger partial charge on any atom is 0.183 e. The molecule has 2 aromatic rings. The van der Waals surface area contributed by atoms with Crippen LogP contribution in [0, 0.1) is 0 Å². The van der Waals surface area contributed by atoms with Crippen molar-refractivity contribution in [3.05, 3.63) is 54.1 Å². The van der Waals surface area contributed by atoms with Crippen LogP contribution in [0.3, 0.4) is 0 Å². The Morgan fingerprint density at radius 1 is 1.09 bits per heavy atom. The standard InChI is InChI=1S/C18H27N3O2/c1-22-18(23-2)16-8-6-15(7-9-16)17(13-19)5-3-4-11-21-12-10-20-14-21/h6-10,12,14,17-18H,3-5,11,13,19H2,1-2H3. The number of hydrogen-bond donors (Lipinski definition) is 1. The van der Waals surface area contributed by atoms with Crippen LogP contribution in [0.25, 0.3) is 0 Å². The van der Waals surface area contributed by atoms with Gasteiger partial charge >= 0.3 is 0 Å². The van der Waals surface area contributed by atoms with Gasteiger partial charge in [0.25, 0.3) is 0 Å². The molecule has 0 aliphatic heterocycles. The van der Waals surface area contributed by atoms with Gasteiger partial charge in [-0.3, -0.25) is 0 Å². The number of benzene rings is 1. The van der Waals surface area contributed by atoms with Crippen molar-refractivity contribution in [3.8, 4) is 0 Å². The minimum absolute atomic E-state index is 0.310. The van der Waals surface area contributed by atoms with E-state index in [2.05, 4.69) is 33.8 Å². The lowest BCUT2D eigenvalue weighted by molar-refractivity contribution is -0.106. The van der Waals surface area contributed by atoms with E-state index in [4.69, 9.17) is 15.2 Å². The van der Waals surface area contributed by atoms with E-state index < -0.39 is 0 Å². The number of methoxy groups -OCH3 is 2. The maximum atomic E-state index is 5.97. The van der Waals surface area contributed by atoms with Gasteiger partial charge in [-0.15, -0.1) is 0 Å². The van der Waals surface area contributed by atoms with Crippen LogP contribution < -0.4 is 5.73 Å². The zero-order valence-corrected chi connectivity index (χ0v) is 14.0. The fraction of sp³-hybridized carbons (Fsp3) is 0.500. The maximum absolute atomic E-state index is 5.97. The van der Waals surface area contributed by atoms with E-state index in [1.165, 1.54) is 5.56 Å². The van der Waals surface area contributed by atoms with Crippen LogP contribution in [-0.4, -0.2) is 30.3 Å². The molecule has 0 saturated heterocycles. The lowest BCUT2D eigenvalue weighted by Gasteiger charge is -2.18. The van der Waals surface area contributed by atoms with E-state index in [-0.39, 0.29) is 6.29 Å². The molecule has 0 bridgehead atoms. The number of aromatic nitrogens is 2. The Labute approximate surface area is 138 Å². The molecule has 2 N–H and O–H groups in total. The highest BCUT2D eigenvalue weighted by atomic mass is 16.7. The van der Waals surface area contributed by atoms with Crippen LogP contribution in [0.1, 0.15) is 42.6 Å². The normalized spacial score (nSPS) is 12.7. The monoisotopic (exact) mass is 317 g/mol. The topological polar surface area (TPSA) is 62.3 Å². The fourth-order valence-corrected chi connectivity index (χ4v) is 2.82. The molecule has 0 aliphatic rings. The van der Waals surface area contributed by atoms with Gasteiger partial charge in [0.15, 0.2) is 6.29 Å². The summed E-state index contributed by atoms with van der Waals surface area (Å²) in [7, 11) is 3.29. The average Bonchev–Trinajstić information content (AvgIpc) is 3.10. The zero-order chi connectivity index (χ0) is 16.5. The minimum Gasteiger partial charge on any atom is -0.352 e. The van der Waals surface area contributed by atoms with Gasteiger partial charge in [0.1, 0.15) is 0 Å². The molecule has 1 aromatic heterocycles. The molecule has 5 nitrogen and oxygen atoms in total. The Morgan fingerprint density at radius 3 is 2.35 bits per heavy atom. The molecule has 0 amide bonds. The Bertz CT molecular complexity index is 536. The van der Waals surface area contributed by atoms with E-state index in [0.29, 0.717) is 12.5 Å². The summed E-state index contributed by atoms with van der Waals surface area (Å²) >= 11 is 0. The van der Waals surface area contributed by atoms with Crippen molar-refractivity contribution in [2.24, 2.45) is 5.73 Å². The molecule has 126 valence electrons. The Kier molecular flexibility index (Phi) is 7.26. The molecular formula is C18H27N3O2. The van der Waals surface area contributed by atoms with Crippen molar-refractivity contribution < 1.29 is 9.47 Å². The molecule has 0 aliphatic carbocycles. The van der Waals surface area contributed by atoms with E-state index >= 15 is 0 Å². The van der Waals surface area contributed by atoms with Crippen LogP contribution in [0.4, 0.5) is 0 Å². The van der Waals surface area contributed by atoms with Crippen LogP contribution >= 0.6 is 0 Å². The number of unbranched alkanes of at least 4 members (excludes halogenated alkanes) is 1. The van der Waals surface area contributed by atoms with Gasteiger partial charge in [-0.2, -0.15) is 0 Å². The first-order valence-corrected chi connectivity index (χ1v) is 8.09. The van der Waals surface area contributed by atoms with Gasteiger partial charge in [-0.25, -0.2) is 4.98 Å². The molecular weight excluding hydrogens is 290 g/mol. The van der Waals surface area contributed by atoms with Gasteiger partial charge < -0.3 is 19.8 Å². The first kappa shape index (κ1) is 17.7. The second-order valence-electron chi connectivity index (χ2n) is 5.70. The smallest absolute Gasteiger partial charge is 0.183 e. The molecule has 1 atom stereocenters. The predicted octanol–water partition coefficient (Wildman–Crippen LogP) is 3.09. The van der Waals surface area contributed by atoms with Crippen LogP contribution in [0.2, 0.25) is 0 Å². The first-order valence-electron chi connectivity index (χ1n) is 8.09. The largest absolute Gasteiger partial charge is 0.352 e. The number of nitrogens with zero attached hydrogens (tertiary/aromatic N) is 2. The third-order valence-electron chi connectivity index (χ3n) is 4.17. The fourth-order valence-electron chi connectivity index (χ4n) is 2.82. The summed E-state index contributed by atoms with van der Waals surface area (Å²) in [6.07, 6.45) is 8.76. The zero-order valence-electron chi connectivity index (χ0n) is 14.0. The van der Waals surface area contributed by atoms with Gasteiger partial charge in [0, 0.05) is 38.7 Å². The average molecular weight is 317 g/mol. The molecule has 0 saturated carbocycles. The molecule has 1 heterocycles. The number of ether oxygens (including phenoxy) is 2. The van der Waals surface area contributed by atoms with E-state index in [1.54, 1.807) is 14.2 Å². The van der Waals surface area contributed by atoms with Gasteiger partial charge in [0.05, 0.1) is 6.33 Å². The Hall–Kier alpha value is -1.69. The third kappa shape index (κ3) is 5.16. The summed E-state index contributed by atoms with van der Waals surface area (Å²) in [5, 5.41) is 0. The third-order valence-corrected chi connectivity index (χ3v) is 4.17. The second kappa shape index (κ2) is 9.45. The molecule has 5 heteroatoms. The SMILES string of the molecule is COC(OC)c1ccc(C(CN)CCCCn2ccnc2)cc1. The lowest BCUT2D eigenvalue weighted by Crippen LogP contribution is -2.13. The van der Waals surface area contributed by atoms with Crippen LogP contribution in [0.5, 0.6) is 0 Å². The van der Waals surface area contributed by atoms with Crippen molar-refractivity contribution in [2.45, 2.75) is 38.0 Å². The summed E-state index contributed by atoms with van der Waals surface area (Å²) in [6, 6.07) is 8.38. The highest BCUT2D eigenvalue weighted by Gasteiger charge is 2.12. The first-order chi connectivity index (χ1) is 11.3. The number of rotatable bonds is 10. The lowest BCUT2D eigenvalue weighted by atomic mass is 9.93. The van der Waals surface area contributed by atoms with Gasteiger partial charge in [0.2, 0.25) is 0 Å². The van der Waals surface area contributed by atoms with Crippen molar-refractivity contribution in [2.75, 3.05) is 20.8 Å². The highest BCUT2D eigenvalue weighted by molar-refractivity contribution is 5.26. The van der Waals surface area contributed by atoms with Gasteiger partial charge in [-0.05, 0) is 30.9 Å². The summed E-state index contributed by atoms with van der Waals surface area (Å²) in [4.78, 5) is 4.06. The minimum atomic E-state index is -0.310. The van der Waals surface area contributed by atoms with Crippen molar-refractivity contribution in [1.29, 1.82) is 0 Å². The summed E-state index contributed by atoms with van der Waals surface area (Å²) in [6.45, 7) is 1.68. The summed E-state index contributed by atoms with van der Waals surface area (Å²) < 4.78 is 12.7. The van der Waals surface area contributed by atoms with E-state index in [1.807, 2.05) is 18.7 Å². The second-order valence-corrected chi connectivity index (χ2v) is 5.70.